The number of aryl methyl sites for hydroxylation is 1. The number of rotatable bonds is 8. The van der Waals surface area contributed by atoms with Crippen LogP contribution in [0.15, 0.2) is 78.4 Å². The summed E-state index contributed by atoms with van der Waals surface area (Å²) >= 11 is 6.12. The molecule has 5 rings (SSSR count). The van der Waals surface area contributed by atoms with Crippen molar-refractivity contribution in [1.82, 2.24) is 9.80 Å². The van der Waals surface area contributed by atoms with Crippen LogP contribution in [0.2, 0.25) is 5.02 Å². The maximum atomic E-state index is 13.3. The Kier molecular flexibility index (Phi) is 8.31. The van der Waals surface area contributed by atoms with Crippen LogP contribution in [0.1, 0.15) is 28.3 Å². The van der Waals surface area contributed by atoms with Crippen LogP contribution in [0.25, 0.3) is 5.76 Å². The number of carbonyl (C=O) groups excluding carboxylic acids is 2. The van der Waals surface area contributed by atoms with Crippen LogP contribution in [0, 0.1) is 6.92 Å². The van der Waals surface area contributed by atoms with Crippen molar-refractivity contribution in [2.45, 2.75) is 19.6 Å². The lowest BCUT2D eigenvalue weighted by Gasteiger charge is -2.31. The number of morpholine rings is 1. The second-order valence-electron chi connectivity index (χ2n) is 9.74. The van der Waals surface area contributed by atoms with Gasteiger partial charge >= 0.3 is 0 Å². The van der Waals surface area contributed by atoms with Crippen LogP contribution in [0.3, 0.4) is 0 Å². The first-order chi connectivity index (χ1) is 18.9. The SMILES string of the molecule is Cc1ccccc1COc1ccc(/C(O)=C2\C(=O)C(=O)N(CCN3CCOCC3)C2c2ccc(Cl)cc2)cc1. The second kappa shape index (κ2) is 12.0. The first-order valence-corrected chi connectivity index (χ1v) is 13.4. The zero-order valence-electron chi connectivity index (χ0n) is 21.8. The number of ketones is 1. The Morgan fingerprint density at radius 1 is 0.974 bits per heavy atom. The first kappa shape index (κ1) is 26.9. The molecule has 0 spiro atoms. The number of hydrogen-bond donors (Lipinski definition) is 1. The summed E-state index contributed by atoms with van der Waals surface area (Å²) < 4.78 is 11.3. The van der Waals surface area contributed by atoms with Crippen molar-refractivity contribution >= 4 is 29.1 Å². The molecule has 7 nitrogen and oxygen atoms in total. The molecule has 1 amide bonds. The van der Waals surface area contributed by atoms with Gasteiger partial charge in [0.2, 0.25) is 0 Å². The van der Waals surface area contributed by atoms with Gasteiger partial charge in [0, 0.05) is 36.8 Å². The van der Waals surface area contributed by atoms with E-state index in [0.717, 1.165) is 24.2 Å². The lowest BCUT2D eigenvalue weighted by molar-refractivity contribution is -0.140. The van der Waals surface area contributed by atoms with Crippen molar-refractivity contribution < 1.29 is 24.2 Å². The highest BCUT2D eigenvalue weighted by Crippen LogP contribution is 2.39. The minimum absolute atomic E-state index is 0.0675. The molecular formula is C31H31ClN2O5. The number of likely N-dealkylation sites (tertiary alicyclic amines) is 1. The van der Waals surface area contributed by atoms with Gasteiger partial charge in [0.25, 0.3) is 11.7 Å². The summed E-state index contributed by atoms with van der Waals surface area (Å²) in [5.74, 6) is -0.903. The van der Waals surface area contributed by atoms with Crippen LogP contribution in [0.4, 0.5) is 0 Å². The zero-order valence-corrected chi connectivity index (χ0v) is 22.6. The molecule has 0 aliphatic carbocycles. The highest BCUT2D eigenvalue weighted by molar-refractivity contribution is 6.46. The maximum absolute atomic E-state index is 13.3. The van der Waals surface area contributed by atoms with E-state index in [4.69, 9.17) is 21.1 Å². The monoisotopic (exact) mass is 546 g/mol. The number of ether oxygens (including phenoxy) is 2. The first-order valence-electron chi connectivity index (χ1n) is 13.0. The van der Waals surface area contributed by atoms with Crippen LogP contribution in [-0.2, 0) is 20.9 Å². The fraction of sp³-hybridized carbons (Fsp3) is 0.290. The number of nitrogens with zero attached hydrogens (tertiary/aromatic N) is 2. The quantitative estimate of drug-likeness (QED) is 0.244. The van der Waals surface area contributed by atoms with Gasteiger partial charge in [-0.2, -0.15) is 0 Å². The average molecular weight is 547 g/mol. The lowest BCUT2D eigenvalue weighted by Crippen LogP contribution is -2.42. The molecule has 1 atom stereocenters. The zero-order chi connectivity index (χ0) is 27.4. The van der Waals surface area contributed by atoms with E-state index in [1.807, 2.05) is 31.2 Å². The molecule has 0 radical (unpaired) electrons. The van der Waals surface area contributed by atoms with E-state index < -0.39 is 17.7 Å². The third kappa shape index (κ3) is 6.01. The van der Waals surface area contributed by atoms with Gasteiger partial charge in [0.05, 0.1) is 24.8 Å². The predicted octanol–water partition coefficient (Wildman–Crippen LogP) is 4.98. The van der Waals surface area contributed by atoms with Crippen molar-refractivity contribution in [1.29, 1.82) is 0 Å². The van der Waals surface area contributed by atoms with E-state index in [-0.39, 0.29) is 11.3 Å². The number of amides is 1. The van der Waals surface area contributed by atoms with Gasteiger partial charge in [-0.15, -0.1) is 0 Å². The van der Waals surface area contributed by atoms with Gasteiger partial charge in [-0.1, -0.05) is 48.0 Å². The molecule has 1 N–H and O–H groups in total. The molecule has 202 valence electrons. The van der Waals surface area contributed by atoms with Crippen LogP contribution in [0.5, 0.6) is 5.75 Å². The number of benzene rings is 3. The minimum Gasteiger partial charge on any atom is -0.507 e. The third-order valence-corrected chi connectivity index (χ3v) is 7.52. The van der Waals surface area contributed by atoms with Gasteiger partial charge in [-0.3, -0.25) is 14.5 Å². The standard InChI is InChI=1S/C31H31ClN2O5/c1-21-4-2-3-5-24(21)20-39-26-12-8-23(9-13-26)29(35)27-28(22-6-10-25(32)11-7-22)34(31(37)30(27)36)15-14-33-16-18-38-19-17-33/h2-13,28,35H,14-20H2,1H3/b29-27+. The van der Waals surface area contributed by atoms with Crippen molar-refractivity contribution in [2.24, 2.45) is 0 Å². The Balaban J connectivity index is 1.41. The molecule has 0 aromatic heterocycles. The summed E-state index contributed by atoms with van der Waals surface area (Å²) in [5, 5.41) is 11.9. The van der Waals surface area contributed by atoms with Gasteiger partial charge in [-0.25, -0.2) is 0 Å². The summed E-state index contributed by atoms with van der Waals surface area (Å²) in [6.07, 6.45) is 0. The Labute approximate surface area is 233 Å². The van der Waals surface area contributed by atoms with E-state index in [1.54, 1.807) is 53.4 Å². The Hall–Kier alpha value is -3.65. The smallest absolute Gasteiger partial charge is 0.295 e. The molecule has 3 aromatic carbocycles. The summed E-state index contributed by atoms with van der Waals surface area (Å²) in [4.78, 5) is 30.3. The summed E-state index contributed by atoms with van der Waals surface area (Å²) in [5.41, 5.74) is 3.44. The van der Waals surface area contributed by atoms with Crippen molar-refractivity contribution in [2.75, 3.05) is 39.4 Å². The molecule has 0 bridgehead atoms. The number of aliphatic hydroxyl groups excluding tert-OH is 1. The summed E-state index contributed by atoms with van der Waals surface area (Å²) in [7, 11) is 0. The van der Waals surface area contributed by atoms with Crippen molar-refractivity contribution in [3.05, 3.63) is 106 Å². The highest BCUT2D eigenvalue weighted by atomic mass is 35.5. The fourth-order valence-electron chi connectivity index (χ4n) is 4.97. The van der Waals surface area contributed by atoms with Gasteiger partial charge in [0.15, 0.2) is 0 Å². The molecular weight excluding hydrogens is 516 g/mol. The van der Waals surface area contributed by atoms with Crippen LogP contribution < -0.4 is 4.74 Å². The minimum atomic E-state index is -0.722. The van der Waals surface area contributed by atoms with E-state index in [0.29, 0.717) is 54.8 Å². The largest absolute Gasteiger partial charge is 0.507 e. The molecule has 1 unspecified atom stereocenters. The normalized spacial score (nSPS) is 19.4. The Bertz CT molecular complexity index is 1360. The molecule has 2 saturated heterocycles. The number of carbonyl (C=O) groups is 2. The average Bonchev–Trinajstić information content (AvgIpc) is 3.21. The van der Waals surface area contributed by atoms with Gasteiger partial charge in [-0.05, 0) is 60.0 Å². The van der Waals surface area contributed by atoms with E-state index >= 15 is 0 Å². The van der Waals surface area contributed by atoms with Crippen molar-refractivity contribution in [3.8, 4) is 5.75 Å². The number of hydrogen-bond acceptors (Lipinski definition) is 6. The van der Waals surface area contributed by atoms with Gasteiger partial charge in [0.1, 0.15) is 18.1 Å². The molecule has 3 aromatic rings. The number of halogens is 1. The number of aliphatic hydroxyl groups is 1. The molecule has 2 aliphatic heterocycles. The highest BCUT2D eigenvalue weighted by Gasteiger charge is 2.46. The van der Waals surface area contributed by atoms with Crippen LogP contribution >= 0.6 is 11.6 Å². The van der Waals surface area contributed by atoms with Crippen LogP contribution in [-0.4, -0.2) is 66.0 Å². The summed E-state index contributed by atoms with van der Waals surface area (Å²) in [6.45, 7) is 6.24. The molecule has 8 heteroatoms. The van der Waals surface area contributed by atoms with E-state index in [9.17, 15) is 14.7 Å². The molecule has 39 heavy (non-hydrogen) atoms. The Morgan fingerprint density at radius 2 is 1.67 bits per heavy atom. The topological polar surface area (TPSA) is 79.3 Å². The second-order valence-corrected chi connectivity index (χ2v) is 10.2. The van der Waals surface area contributed by atoms with Gasteiger partial charge < -0.3 is 19.5 Å². The fourth-order valence-corrected chi connectivity index (χ4v) is 5.10. The molecule has 0 saturated carbocycles. The van der Waals surface area contributed by atoms with Crippen molar-refractivity contribution in [3.63, 3.8) is 0 Å². The molecule has 2 fully saturated rings. The predicted molar refractivity (Wildman–Crippen MR) is 150 cm³/mol. The summed E-state index contributed by atoms with van der Waals surface area (Å²) in [6, 6.07) is 21.2. The third-order valence-electron chi connectivity index (χ3n) is 7.27. The maximum Gasteiger partial charge on any atom is 0.295 e. The molecule has 2 aliphatic rings. The number of Topliss-reactive ketones (excluding diaryl/α,β-unsaturated/α-hetero) is 1. The Morgan fingerprint density at radius 3 is 2.36 bits per heavy atom. The van der Waals surface area contributed by atoms with E-state index in [2.05, 4.69) is 4.90 Å². The molecule has 2 heterocycles. The van der Waals surface area contributed by atoms with E-state index in [1.165, 1.54) is 0 Å². The lowest BCUT2D eigenvalue weighted by atomic mass is 9.95.